The number of aromatic nitrogens is 2. The molecule has 1 aliphatic heterocycles. The summed E-state index contributed by atoms with van der Waals surface area (Å²) in [6, 6.07) is 7.38. The van der Waals surface area contributed by atoms with E-state index in [1.165, 1.54) is 4.90 Å². The van der Waals surface area contributed by atoms with Crippen molar-refractivity contribution in [1.29, 1.82) is 0 Å². The summed E-state index contributed by atoms with van der Waals surface area (Å²) in [6.45, 7) is 0.431. The van der Waals surface area contributed by atoms with Gasteiger partial charge < -0.3 is 19.9 Å². The van der Waals surface area contributed by atoms with E-state index in [-0.39, 0.29) is 18.4 Å². The minimum atomic E-state index is -1.00. The first-order valence-electron chi connectivity index (χ1n) is 7.99. The molecule has 24 heavy (non-hydrogen) atoms. The van der Waals surface area contributed by atoms with Gasteiger partial charge in [0.1, 0.15) is 6.10 Å². The summed E-state index contributed by atoms with van der Waals surface area (Å²) in [5.74, 6) is -0.657. The number of aliphatic hydroxyl groups is 1. The third kappa shape index (κ3) is 3.62. The van der Waals surface area contributed by atoms with E-state index < -0.39 is 6.10 Å². The molecule has 1 fully saturated rings. The zero-order chi connectivity index (χ0) is 16.9. The summed E-state index contributed by atoms with van der Waals surface area (Å²) in [5.41, 5.74) is 1.44. The van der Waals surface area contributed by atoms with Gasteiger partial charge >= 0.3 is 0 Å². The number of nitrogens with zero attached hydrogens (tertiary/aromatic N) is 3. The lowest BCUT2D eigenvalue weighted by Crippen LogP contribution is -2.42. The van der Waals surface area contributed by atoms with E-state index >= 15 is 0 Å². The van der Waals surface area contributed by atoms with Gasteiger partial charge in [-0.2, -0.15) is 0 Å². The number of carbonyl (C=O) groups is 2. The summed E-state index contributed by atoms with van der Waals surface area (Å²) >= 11 is 0. The second kappa shape index (κ2) is 7.27. The van der Waals surface area contributed by atoms with Crippen LogP contribution in [0, 0.1) is 0 Å². The topological polar surface area (TPSA) is 87.5 Å². The Morgan fingerprint density at radius 2 is 2.17 bits per heavy atom. The highest BCUT2D eigenvalue weighted by molar-refractivity contribution is 5.96. The number of amides is 2. The number of rotatable bonds is 4. The smallest absolute Gasteiger partial charge is 0.251 e. The first-order chi connectivity index (χ1) is 11.6. The predicted molar refractivity (Wildman–Crippen MR) is 88.6 cm³/mol. The molecule has 7 heteroatoms. The molecule has 1 unspecified atom stereocenters. The van der Waals surface area contributed by atoms with Gasteiger partial charge in [0, 0.05) is 18.9 Å². The second-order valence-corrected chi connectivity index (χ2v) is 5.81. The Bertz CT molecular complexity index is 714. The molecule has 0 aliphatic carbocycles. The Balaban J connectivity index is 1.70. The normalized spacial score (nSPS) is 18.3. The largest absolute Gasteiger partial charge is 0.383 e. The maximum absolute atomic E-state index is 12.4. The van der Waals surface area contributed by atoms with E-state index in [1.54, 1.807) is 29.4 Å². The lowest BCUT2D eigenvalue weighted by molar-refractivity contribution is -0.141. The molecule has 126 valence electrons. The molecule has 2 aromatic rings. The van der Waals surface area contributed by atoms with Gasteiger partial charge in [-0.15, -0.1) is 0 Å². The average molecular weight is 328 g/mol. The molecule has 1 saturated heterocycles. The van der Waals surface area contributed by atoms with Crippen LogP contribution in [0.3, 0.4) is 0 Å². The monoisotopic (exact) mass is 328 g/mol. The van der Waals surface area contributed by atoms with Crippen molar-refractivity contribution in [3.63, 3.8) is 0 Å². The minimum Gasteiger partial charge on any atom is -0.383 e. The second-order valence-electron chi connectivity index (χ2n) is 5.81. The fraction of sp³-hybridized carbons (Fsp3) is 0.353. The van der Waals surface area contributed by atoms with Crippen LogP contribution in [0.5, 0.6) is 0 Å². The molecule has 7 nitrogen and oxygen atoms in total. The highest BCUT2D eigenvalue weighted by Crippen LogP contribution is 2.20. The Morgan fingerprint density at radius 3 is 2.96 bits per heavy atom. The van der Waals surface area contributed by atoms with Gasteiger partial charge in [-0.3, -0.25) is 9.59 Å². The lowest BCUT2D eigenvalue weighted by Gasteiger charge is -2.22. The fourth-order valence-corrected chi connectivity index (χ4v) is 2.81. The molecule has 1 aromatic carbocycles. The van der Waals surface area contributed by atoms with Gasteiger partial charge in [0.05, 0.1) is 24.2 Å². The van der Waals surface area contributed by atoms with E-state index in [9.17, 15) is 14.7 Å². The molecule has 2 N–H and O–H groups in total. The van der Waals surface area contributed by atoms with Crippen molar-refractivity contribution in [2.75, 3.05) is 18.4 Å². The fourth-order valence-electron chi connectivity index (χ4n) is 2.81. The van der Waals surface area contributed by atoms with E-state index in [0.717, 1.165) is 18.5 Å². The molecule has 3 rings (SSSR count). The van der Waals surface area contributed by atoms with Crippen molar-refractivity contribution in [2.24, 2.45) is 0 Å². The molecule has 1 aliphatic rings. The van der Waals surface area contributed by atoms with Crippen molar-refractivity contribution in [2.45, 2.75) is 25.4 Å². The van der Waals surface area contributed by atoms with E-state index in [1.807, 2.05) is 18.2 Å². The molecule has 2 heterocycles. The number of imidazole rings is 1. The van der Waals surface area contributed by atoms with E-state index in [4.69, 9.17) is 0 Å². The van der Waals surface area contributed by atoms with Crippen LogP contribution < -0.4 is 5.32 Å². The summed E-state index contributed by atoms with van der Waals surface area (Å²) in [6.07, 6.45) is 6.14. The van der Waals surface area contributed by atoms with Gasteiger partial charge in [-0.05, 0) is 31.4 Å². The van der Waals surface area contributed by atoms with E-state index in [0.29, 0.717) is 18.7 Å². The van der Waals surface area contributed by atoms with Crippen molar-refractivity contribution in [3.8, 4) is 5.69 Å². The van der Waals surface area contributed by atoms with Crippen molar-refractivity contribution < 1.29 is 14.7 Å². The molecule has 0 radical (unpaired) electrons. The number of likely N-dealkylation sites (tertiary alicyclic amines) is 1. The zero-order valence-electron chi connectivity index (χ0n) is 13.3. The van der Waals surface area contributed by atoms with Crippen LogP contribution in [0.2, 0.25) is 0 Å². The standard InChI is InChI=1S/C17H20N4O3/c22-15-7-3-4-9-20(17(15)24)11-16(23)19-13-5-1-2-6-14(13)21-10-8-18-12-21/h1-2,5-6,8,10,12,15,22H,3-4,7,9,11H2,(H,19,23). The van der Waals surface area contributed by atoms with Crippen molar-refractivity contribution in [3.05, 3.63) is 43.0 Å². The quantitative estimate of drug-likeness (QED) is 0.882. The number of carbonyl (C=O) groups excluding carboxylic acids is 2. The number of hydrogen-bond acceptors (Lipinski definition) is 4. The Hall–Kier alpha value is -2.67. The molecule has 0 bridgehead atoms. The van der Waals surface area contributed by atoms with Gasteiger partial charge in [0.2, 0.25) is 5.91 Å². The van der Waals surface area contributed by atoms with Crippen molar-refractivity contribution >= 4 is 17.5 Å². The number of para-hydroxylation sites is 2. The van der Waals surface area contributed by atoms with E-state index in [2.05, 4.69) is 10.3 Å². The summed E-state index contributed by atoms with van der Waals surface area (Å²) in [7, 11) is 0. The minimum absolute atomic E-state index is 0.0614. The van der Waals surface area contributed by atoms with Gasteiger partial charge in [-0.1, -0.05) is 12.1 Å². The SMILES string of the molecule is O=C(CN1CCCCC(O)C1=O)Nc1ccccc1-n1ccnc1. The molecule has 1 aromatic heterocycles. The summed E-state index contributed by atoms with van der Waals surface area (Å²) < 4.78 is 1.80. The average Bonchev–Trinajstić information content (AvgIpc) is 3.06. The van der Waals surface area contributed by atoms with Crippen LogP contribution in [-0.2, 0) is 9.59 Å². The third-order valence-electron chi connectivity index (χ3n) is 4.05. The number of benzene rings is 1. The zero-order valence-corrected chi connectivity index (χ0v) is 13.3. The molecular weight excluding hydrogens is 308 g/mol. The highest BCUT2D eigenvalue weighted by atomic mass is 16.3. The molecule has 1 atom stereocenters. The van der Waals surface area contributed by atoms with Crippen LogP contribution in [0.4, 0.5) is 5.69 Å². The predicted octanol–water partition coefficient (Wildman–Crippen LogP) is 1.18. The number of nitrogens with one attached hydrogen (secondary N) is 1. The van der Waals surface area contributed by atoms with Crippen LogP contribution in [0.25, 0.3) is 5.69 Å². The Labute approximate surface area is 139 Å². The number of anilines is 1. The molecule has 0 saturated carbocycles. The first kappa shape index (κ1) is 16.2. The third-order valence-corrected chi connectivity index (χ3v) is 4.05. The van der Waals surface area contributed by atoms with Gasteiger partial charge in [-0.25, -0.2) is 4.98 Å². The van der Waals surface area contributed by atoms with Crippen LogP contribution >= 0.6 is 0 Å². The van der Waals surface area contributed by atoms with Gasteiger partial charge in [0.25, 0.3) is 5.91 Å². The maximum Gasteiger partial charge on any atom is 0.251 e. The van der Waals surface area contributed by atoms with Crippen molar-refractivity contribution in [1.82, 2.24) is 14.5 Å². The van der Waals surface area contributed by atoms with Crippen LogP contribution in [0.1, 0.15) is 19.3 Å². The Morgan fingerprint density at radius 1 is 1.33 bits per heavy atom. The number of aliphatic hydroxyl groups excluding tert-OH is 1. The summed E-state index contributed by atoms with van der Waals surface area (Å²) in [4.78, 5) is 29.9. The number of hydrogen-bond donors (Lipinski definition) is 2. The molecule has 2 amide bonds. The van der Waals surface area contributed by atoms with Gasteiger partial charge in [0.15, 0.2) is 0 Å². The molecule has 0 spiro atoms. The van der Waals surface area contributed by atoms with Crippen LogP contribution in [-0.4, -0.2) is 50.6 Å². The lowest BCUT2D eigenvalue weighted by atomic mass is 10.2. The first-order valence-corrected chi connectivity index (χ1v) is 7.99. The maximum atomic E-state index is 12.4. The Kier molecular flexibility index (Phi) is 4.90. The molecular formula is C17H20N4O3. The van der Waals surface area contributed by atoms with Crippen LogP contribution in [0.15, 0.2) is 43.0 Å². The highest BCUT2D eigenvalue weighted by Gasteiger charge is 2.26. The summed E-state index contributed by atoms with van der Waals surface area (Å²) in [5, 5.41) is 12.6.